The third-order valence-corrected chi connectivity index (χ3v) is 3.62. The standard InChI is InChI=1S/C19H18N2O/c1-14(12-17(20)15-8-4-2-5-9-15)18-13-19(22-21-18)16-10-6-3-7-11-16/h2-11,13,17H,1,12,20H2. The Balaban J connectivity index is 1.72. The first-order valence-corrected chi connectivity index (χ1v) is 7.25. The fraction of sp³-hybridized carbons (Fsp3) is 0.105. The maximum atomic E-state index is 6.23. The maximum absolute atomic E-state index is 6.23. The lowest BCUT2D eigenvalue weighted by molar-refractivity contribution is 0.429. The van der Waals surface area contributed by atoms with E-state index in [0.29, 0.717) is 6.42 Å². The Kier molecular flexibility index (Phi) is 4.17. The van der Waals surface area contributed by atoms with E-state index < -0.39 is 0 Å². The first kappa shape index (κ1) is 14.3. The molecule has 0 saturated carbocycles. The lowest BCUT2D eigenvalue weighted by atomic mass is 9.98. The van der Waals surface area contributed by atoms with Crippen molar-refractivity contribution in [2.24, 2.45) is 5.73 Å². The van der Waals surface area contributed by atoms with E-state index in [-0.39, 0.29) is 6.04 Å². The predicted molar refractivity (Wildman–Crippen MR) is 89.0 cm³/mol. The Morgan fingerprint density at radius 1 is 1.05 bits per heavy atom. The smallest absolute Gasteiger partial charge is 0.167 e. The van der Waals surface area contributed by atoms with Crippen molar-refractivity contribution in [1.82, 2.24) is 5.16 Å². The highest BCUT2D eigenvalue weighted by Crippen LogP contribution is 2.27. The molecule has 1 heterocycles. The molecule has 0 aliphatic rings. The quantitative estimate of drug-likeness (QED) is 0.755. The van der Waals surface area contributed by atoms with Gasteiger partial charge in [-0.3, -0.25) is 0 Å². The van der Waals surface area contributed by atoms with Crippen molar-refractivity contribution in [3.63, 3.8) is 0 Å². The molecule has 3 heteroatoms. The highest BCUT2D eigenvalue weighted by Gasteiger charge is 2.13. The van der Waals surface area contributed by atoms with Crippen molar-refractivity contribution >= 4 is 5.57 Å². The van der Waals surface area contributed by atoms with E-state index in [1.807, 2.05) is 66.7 Å². The van der Waals surface area contributed by atoms with Gasteiger partial charge in [0.15, 0.2) is 5.76 Å². The van der Waals surface area contributed by atoms with E-state index >= 15 is 0 Å². The molecule has 0 radical (unpaired) electrons. The average Bonchev–Trinajstić information content (AvgIpc) is 3.06. The molecule has 0 spiro atoms. The topological polar surface area (TPSA) is 52.0 Å². The summed E-state index contributed by atoms with van der Waals surface area (Å²) in [4.78, 5) is 0. The van der Waals surface area contributed by atoms with Crippen LogP contribution in [-0.4, -0.2) is 5.16 Å². The van der Waals surface area contributed by atoms with Crippen LogP contribution >= 0.6 is 0 Å². The second-order valence-corrected chi connectivity index (χ2v) is 5.27. The fourth-order valence-corrected chi connectivity index (χ4v) is 2.37. The van der Waals surface area contributed by atoms with Gasteiger partial charge in [-0.1, -0.05) is 72.4 Å². The molecule has 3 rings (SSSR count). The minimum atomic E-state index is -0.0921. The van der Waals surface area contributed by atoms with Crippen molar-refractivity contribution in [1.29, 1.82) is 0 Å². The van der Waals surface area contributed by atoms with Crippen molar-refractivity contribution < 1.29 is 4.52 Å². The van der Waals surface area contributed by atoms with Crippen LogP contribution in [0.5, 0.6) is 0 Å². The van der Waals surface area contributed by atoms with Crippen LogP contribution in [0.25, 0.3) is 16.9 Å². The molecular weight excluding hydrogens is 272 g/mol. The largest absolute Gasteiger partial charge is 0.356 e. The molecule has 0 fully saturated rings. The highest BCUT2D eigenvalue weighted by molar-refractivity contribution is 5.66. The zero-order valence-corrected chi connectivity index (χ0v) is 12.3. The van der Waals surface area contributed by atoms with Gasteiger partial charge in [0.1, 0.15) is 5.69 Å². The van der Waals surface area contributed by atoms with Gasteiger partial charge in [0.05, 0.1) is 0 Å². The van der Waals surface area contributed by atoms with Gasteiger partial charge in [-0.05, 0) is 17.6 Å². The molecule has 2 N–H and O–H groups in total. The number of benzene rings is 2. The number of aromatic nitrogens is 1. The Hall–Kier alpha value is -2.65. The van der Waals surface area contributed by atoms with Gasteiger partial charge in [0.2, 0.25) is 0 Å². The zero-order valence-electron chi connectivity index (χ0n) is 12.3. The number of hydrogen-bond acceptors (Lipinski definition) is 3. The van der Waals surface area contributed by atoms with Gasteiger partial charge in [0, 0.05) is 17.7 Å². The van der Waals surface area contributed by atoms with E-state index in [0.717, 1.165) is 28.2 Å². The number of nitrogens with zero attached hydrogens (tertiary/aromatic N) is 1. The molecule has 2 aromatic carbocycles. The first-order valence-electron chi connectivity index (χ1n) is 7.25. The Labute approximate surface area is 130 Å². The van der Waals surface area contributed by atoms with Crippen LogP contribution in [0, 0.1) is 0 Å². The van der Waals surface area contributed by atoms with Crippen molar-refractivity contribution in [2.75, 3.05) is 0 Å². The minimum Gasteiger partial charge on any atom is -0.356 e. The van der Waals surface area contributed by atoms with E-state index in [9.17, 15) is 0 Å². The summed E-state index contributed by atoms with van der Waals surface area (Å²) in [5.41, 5.74) is 9.96. The van der Waals surface area contributed by atoms with Crippen LogP contribution in [0.2, 0.25) is 0 Å². The van der Waals surface area contributed by atoms with E-state index in [1.54, 1.807) is 0 Å². The van der Waals surface area contributed by atoms with Crippen LogP contribution < -0.4 is 5.73 Å². The Morgan fingerprint density at radius 3 is 2.36 bits per heavy atom. The number of hydrogen-bond donors (Lipinski definition) is 1. The van der Waals surface area contributed by atoms with Crippen LogP contribution in [-0.2, 0) is 0 Å². The zero-order chi connectivity index (χ0) is 15.4. The molecule has 3 aromatic rings. The molecule has 0 aliphatic carbocycles. The number of rotatable bonds is 5. The fourth-order valence-electron chi connectivity index (χ4n) is 2.37. The third-order valence-electron chi connectivity index (χ3n) is 3.62. The Bertz CT molecular complexity index is 747. The van der Waals surface area contributed by atoms with Gasteiger partial charge in [-0.25, -0.2) is 0 Å². The summed E-state index contributed by atoms with van der Waals surface area (Å²) < 4.78 is 5.41. The summed E-state index contributed by atoms with van der Waals surface area (Å²) >= 11 is 0. The summed E-state index contributed by atoms with van der Waals surface area (Å²) in [6.07, 6.45) is 0.644. The maximum Gasteiger partial charge on any atom is 0.167 e. The SMILES string of the molecule is C=C(CC(N)c1ccccc1)c1cc(-c2ccccc2)on1. The predicted octanol–water partition coefficient (Wildman–Crippen LogP) is 4.44. The average molecular weight is 290 g/mol. The van der Waals surface area contributed by atoms with Gasteiger partial charge in [0.25, 0.3) is 0 Å². The van der Waals surface area contributed by atoms with Gasteiger partial charge < -0.3 is 10.3 Å². The molecular formula is C19H18N2O. The molecule has 1 unspecified atom stereocenters. The second kappa shape index (κ2) is 6.41. The summed E-state index contributed by atoms with van der Waals surface area (Å²) in [6.45, 7) is 4.09. The first-order chi connectivity index (χ1) is 10.7. The molecule has 0 aliphatic heterocycles. The monoisotopic (exact) mass is 290 g/mol. The molecule has 1 aromatic heterocycles. The van der Waals surface area contributed by atoms with Crippen molar-refractivity contribution in [3.05, 3.63) is 84.6 Å². The van der Waals surface area contributed by atoms with Crippen LogP contribution in [0.4, 0.5) is 0 Å². The lowest BCUT2D eigenvalue weighted by Gasteiger charge is -2.12. The molecule has 0 amide bonds. The molecule has 1 atom stereocenters. The second-order valence-electron chi connectivity index (χ2n) is 5.27. The Morgan fingerprint density at radius 2 is 1.68 bits per heavy atom. The van der Waals surface area contributed by atoms with Crippen LogP contribution in [0.3, 0.4) is 0 Å². The molecule has 22 heavy (non-hydrogen) atoms. The van der Waals surface area contributed by atoms with Crippen molar-refractivity contribution in [3.8, 4) is 11.3 Å². The van der Waals surface area contributed by atoms with E-state index in [2.05, 4.69) is 11.7 Å². The third kappa shape index (κ3) is 3.15. The molecule has 0 saturated heterocycles. The highest BCUT2D eigenvalue weighted by atomic mass is 16.5. The summed E-state index contributed by atoms with van der Waals surface area (Å²) in [5, 5.41) is 4.11. The molecule has 3 nitrogen and oxygen atoms in total. The molecule has 0 bridgehead atoms. The van der Waals surface area contributed by atoms with Gasteiger partial charge in [-0.2, -0.15) is 0 Å². The van der Waals surface area contributed by atoms with Crippen LogP contribution in [0.1, 0.15) is 23.7 Å². The number of nitrogens with two attached hydrogens (primary N) is 1. The normalized spacial score (nSPS) is 12.0. The summed E-state index contributed by atoms with van der Waals surface area (Å²) in [6, 6.07) is 21.7. The lowest BCUT2D eigenvalue weighted by Crippen LogP contribution is -2.10. The van der Waals surface area contributed by atoms with Crippen molar-refractivity contribution in [2.45, 2.75) is 12.5 Å². The molecule has 110 valence electrons. The summed E-state index contributed by atoms with van der Waals surface area (Å²) in [7, 11) is 0. The van der Waals surface area contributed by atoms with E-state index in [4.69, 9.17) is 10.3 Å². The summed E-state index contributed by atoms with van der Waals surface area (Å²) in [5.74, 6) is 0.741. The van der Waals surface area contributed by atoms with Gasteiger partial charge >= 0.3 is 0 Å². The van der Waals surface area contributed by atoms with E-state index in [1.165, 1.54) is 0 Å². The van der Waals surface area contributed by atoms with Crippen LogP contribution in [0.15, 0.2) is 77.8 Å². The van der Waals surface area contributed by atoms with Gasteiger partial charge in [-0.15, -0.1) is 0 Å². The minimum absolute atomic E-state index is 0.0921.